The SMILES string of the molecule is Cc1c(C(=O)O)sc2ncnc(CCC3CCCC3)c12. The first kappa shape index (κ1) is 13.5. The van der Waals surface area contributed by atoms with Gasteiger partial charge in [0.15, 0.2) is 0 Å². The molecule has 0 unspecified atom stereocenters. The van der Waals surface area contributed by atoms with E-state index in [1.165, 1.54) is 37.0 Å². The van der Waals surface area contributed by atoms with Crippen LogP contribution in [0.1, 0.15) is 53.0 Å². The van der Waals surface area contributed by atoms with E-state index in [9.17, 15) is 9.90 Å². The Bertz CT molecular complexity index is 645. The lowest BCUT2D eigenvalue weighted by Gasteiger charge is -2.08. The molecule has 0 amide bonds. The number of aromatic nitrogens is 2. The minimum absolute atomic E-state index is 0.391. The van der Waals surface area contributed by atoms with Crippen LogP contribution in [0.5, 0.6) is 0 Å². The number of hydrogen-bond donors (Lipinski definition) is 1. The normalized spacial score (nSPS) is 16.1. The predicted octanol–water partition coefficient (Wildman–Crippen LogP) is 3.82. The second-order valence-corrected chi connectivity index (χ2v) is 6.55. The summed E-state index contributed by atoms with van der Waals surface area (Å²) in [5, 5.41) is 10.2. The van der Waals surface area contributed by atoms with Gasteiger partial charge < -0.3 is 5.11 Å². The zero-order chi connectivity index (χ0) is 14.1. The van der Waals surface area contributed by atoms with Gasteiger partial charge in [0.25, 0.3) is 0 Å². The Morgan fingerprint density at radius 2 is 2.15 bits per heavy atom. The number of hydrogen-bond acceptors (Lipinski definition) is 4. The molecule has 0 saturated heterocycles. The summed E-state index contributed by atoms with van der Waals surface area (Å²) < 4.78 is 0. The quantitative estimate of drug-likeness (QED) is 0.929. The number of fused-ring (bicyclic) bond motifs is 1. The summed E-state index contributed by atoms with van der Waals surface area (Å²) in [5.41, 5.74) is 1.84. The molecule has 2 heterocycles. The fourth-order valence-corrected chi connectivity index (χ4v) is 4.19. The van der Waals surface area contributed by atoms with Crippen molar-refractivity contribution in [2.24, 2.45) is 5.92 Å². The van der Waals surface area contributed by atoms with E-state index in [4.69, 9.17) is 0 Å². The lowest BCUT2D eigenvalue weighted by Crippen LogP contribution is -2.00. The van der Waals surface area contributed by atoms with Gasteiger partial charge in [-0.1, -0.05) is 25.7 Å². The molecule has 0 aliphatic heterocycles. The van der Waals surface area contributed by atoms with Crippen molar-refractivity contribution in [2.75, 3.05) is 0 Å². The zero-order valence-electron chi connectivity index (χ0n) is 11.6. The van der Waals surface area contributed by atoms with Gasteiger partial charge in [-0.3, -0.25) is 0 Å². The summed E-state index contributed by atoms with van der Waals surface area (Å²) >= 11 is 1.25. The number of aromatic carboxylic acids is 1. The minimum atomic E-state index is -0.868. The summed E-state index contributed by atoms with van der Waals surface area (Å²) in [4.78, 5) is 21.1. The summed E-state index contributed by atoms with van der Waals surface area (Å²) in [6, 6.07) is 0. The molecule has 0 radical (unpaired) electrons. The van der Waals surface area contributed by atoms with E-state index >= 15 is 0 Å². The summed E-state index contributed by atoms with van der Waals surface area (Å²) in [7, 11) is 0. The highest BCUT2D eigenvalue weighted by atomic mass is 32.1. The number of rotatable bonds is 4. The molecule has 0 spiro atoms. The molecule has 2 aromatic rings. The Kier molecular flexibility index (Phi) is 3.70. The number of carboxylic acid groups (broad SMARTS) is 1. The van der Waals surface area contributed by atoms with Gasteiger partial charge in [0.05, 0.1) is 5.69 Å². The molecule has 0 aromatic carbocycles. The standard InChI is InChI=1S/C15H18N2O2S/c1-9-12-11(7-6-10-4-2-3-5-10)16-8-17-14(12)20-13(9)15(18)19/h8,10H,2-7H2,1H3,(H,18,19). The highest BCUT2D eigenvalue weighted by Crippen LogP contribution is 2.33. The van der Waals surface area contributed by atoms with Gasteiger partial charge in [0.1, 0.15) is 16.0 Å². The number of thiophene rings is 1. The van der Waals surface area contributed by atoms with E-state index < -0.39 is 5.97 Å². The summed E-state index contributed by atoms with van der Waals surface area (Å²) in [5.74, 6) is -0.0508. The molecule has 1 N–H and O–H groups in total. The highest BCUT2D eigenvalue weighted by Gasteiger charge is 2.20. The van der Waals surface area contributed by atoms with E-state index in [1.807, 2.05) is 6.92 Å². The zero-order valence-corrected chi connectivity index (χ0v) is 12.4. The van der Waals surface area contributed by atoms with Crippen molar-refractivity contribution >= 4 is 27.5 Å². The van der Waals surface area contributed by atoms with Crippen molar-refractivity contribution in [3.05, 3.63) is 22.5 Å². The van der Waals surface area contributed by atoms with E-state index in [-0.39, 0.29) is 0 Å². The fraction of sp³-hybridized carbons (Fsp3) is 0.533. The monoisotopic (exact) mass is 290 g/mol. The molecule has 5 heteroatoms. The number of aryl methyl sites for hydroxylation is 2. The molecule has 3 rings (SSSR count). The molecule has 1 fully saturated rings. The number of nitrogens with zero attached hydrogens (tertiary/aromatic N) is 2. The molecule has 0 atom stereocenters. The van der Waals surface area contributed by atoms with Crippen LogP contribution in [0.2, 0.25) is 0 Å². The molecule has 1 aliphatic rings. The van der Waals surface area contributed by atoms with Crippen LogP contribution in [-0.4, -0.2) is 21.0 Å². The first-order valence-electron chi connectivity index (χ1n) is 7.13. The van der Waals surface area contributed by atoms with Crippen LogP contribution in [0.25, 0.3) is 10.2 Å². The first-order chi connectivity index (χ1) is 9.66. The van der Waals surface area contributed by atoms with Crippen LogP contribution in [0.15, 0.2) is 6.33 Å². The number of carboxylic acids is 1. The maximum atomic E-state index is 11.2. The lowest BCUT2D eigenvalue weighted by atomic mass is 9.99. The van der Waals surface area contributed by atoms with E-state index in [0.29, 0.717) is 4.88 Å². The summed E-state index contributed by atoms with van der Waals surface area (Å²) in [6.07, 6.45) is 9.02. The largest absolute Gasteiger partial charge is 0.477 e. The van der Waals surface area contributed by atoms with Crippen LogP contribution in [0, 0.1) is 12.8 Å². The minimum Gasteiger partial charge on any atom is -0.477 e. The van der Waals surface area contributed by atoms with E-state index in [2.05, 4.69) is 9.97 Å². The van der Waals surface area contributed by atoms with Crippen molar-refractivity contribution in [2.45, 2.75) is 45.4 Å². The van der Waals surface area contributed by atoms with Crippen molar-refractivity contribution in [3.63, 3.8) is 0 Å². The molecule has 106 valence electrons. The van der Waals surface area contributed by atoms with Crippen molar-refractivity contribution in [1.82, 2.24) is 9.97 Å². The topological polar surface area (TPSA) is 63.1 Å². The Labute approximate surface area is 121 Å². The molecular formula is C15H18N2O2S. The Balaban J connectivity index is 1.91. The fourth-order valence-electron chi connectivity index (χ4n) is 3.18. The molecule has 20 heavy (non-hydrogen) atoms. The van der Waals surface area contributed by atoms with Gasteiger partial charge in [-0.05, 0) is 31.2 Å². The Morgan fingerprint density at radius 1 is 1.40 bits per heavy atom. The molecule has 2 aromatic heterocycles. The van der Waals surface area contributed by atoms with E-state index in [0.717, 1.165) is 40.2 Å². The third-order valence-corrected chi connectivity index (χ3v) is 5.45. The average molecular weight is 290 g/mol. The van der Waals surface area contributed by atoms with Gasteiger partial charge in [-0.15, -0.1) is 11.3 Å². The highest BCUT2D eigenvalue weighted by molar-refractivity contribution is 7.20. The molecule has 1 saturated carbocycles. The van der Waals surface area contributed by atoms with Crippen LogP contribution in [0.3, 0.4) is 0 Å². The van der Waals surface area contributed by atoms with Gasteiger partial charge in [0.2, 0.25) is 0 Å². The molecular weight excluding hydrogens is 272 g/mol. The molecule has 0 bridgehead atoms. The van der Waals surface area contributed by atoms with Crippen LogP contribution >= 0.6 is 11.3 Å². The second kappa shape index (κ2) is 5.48. The third kappa shape index (κ3) is 2.42. The molecule has 4 nitrogen and oxygen atoms in total. The number of carbonyl (C=O) groups is 1. The van der Waals surface area contributed by atoms with Crippen LogP contribution < -0.4 is 0 Å². The van der Waals surface area contributed by atoms with Gasteiger partial charge in [-0.2, -0.15) is 0 Å². The second-order valence-electron chi connectivity index (χ2n) is 5.55. The van der Waals surface area contributed by atoms with Crippen molar-refractivity contribution in [3.8, 4) is 0 Å². The van der Waals surface area contributed by atoms with Crippen molar-refractivity contribution < 1.29 is 9.90 Å². The van der Waals surface area contributed by atoms with Crippen LogP contribution in [-0.2, 0) is 6.42 Å². The molecule has 1 aliphatic carbocycles. The van der Waals surface area contributed by atoms with E-state index in [1.54, 1.807) is 6.33 Å². The third-order valence-electron chi connectivity index (χ3n) is 4.26. The predicted molar refractivity (Wildman–Crippen MR) is 79.4 cm³/mol. The Hall–Kier alpha value is -1.49. The van der Waals surface area contributed by atoms with Gasteiger partial charge >= 0.3 is 5.97 Å². The Morgan fingerprint density at radius 3 is 2.85 bits per heavy atom. The lowest BCUT2D eigenvalue weighted by molar-refractivity contribution is 0.0701. The maximum absolute atomic E-state index is 11.2. The van der Waals surface area contributed by atoms with Gasteiger partial charge in [0, 0.05) is 5.39 Å². The smallest absolute Gasteiger partial charge is 0.346 e. The summed E-state index contributed by atoms with van der Waals surface area (Å²) in [6.45, 7) is 1.87. The van der Waals surface area contributed by atoms with Gasteiger partial charge in [-0.25, -0.2) is 14.8 Å². The average Bonchev–Trinajstić information content (AvgIpc) is 3.05. The van der Waals surface area contributed by atoms with Crippen molar-refractivity contribution in [1.29, 1.82) is 0 Å². The maximum Gasteiger partial charge on any atom is 0.346 e. The first-order valence-corrected chi connectivity index (χ1v) is 7.94. The van der Waals surface area contributed by atoms with Crippen LogP contribution in [0.4, 0.5) is 0 Å².